The van der Waals surface area contributed by atoms with E-state index in [1.807, 2.05) is 0 Å². The molecule has 1 saturated heterocycles. The average Bonchev–Trinajstić information content (AvgIpc) is 2.93. The van der Waals surface area contributed by atoms with Crippen molar-refractivity contribution in [3.63, 3.8) is 0 Å². The SMILES string of the molecule is COc1ccccc1S(=O)(=O)N1CC2CCCC(N)C2C1.Cl. The first-order valence-electron chi connectivity index (χ1n) is 7.43. The molecule has 1 saturated carbocycles. The van der Waals surface area contributed by atoms with Gasteiger partial charge in [0.05, 0.1) is 7.11 Å². The van der Waals surface area contributed by atoms with E-state index >= 15 is 0 Å². The van der Waals surface area contributed by atoms with Gasteiger partial charge in [0.25, 0.3) is 0 Å². The van der Waals surface area contributed by atoms with E-state index in [2.05, 4.69) is 0 Å². The Morgan fingerprint density at radius 2 is 1.95 bits per heavy atom. The largest absolute Gasteiger partial charge is 0.495 e. The summed E-state index contributed by atoms with van der Waals surface area (Å²) in [6, 6.07) is 6.92. The molecule has 3 atom stereocenters. The lowest BCUT2D eigenvalue weighted by Crippen LogP contribution is -2.38. The maximum Gasteiger partial charge on any atom is 0.246 e. The van der Waals surface area contributed by atoms with Gasteiger partial charge < -0.3 is 10.5 Å². The third-order valence-corrected chi connectivity index (χ3v) is 6.68. The number of methoxy groups -OCH3 is 1. The van der Waals surface area contributed by atoms with E-state index in [1.54, 1.807) is 28.6 Å². The van der Waals surface area contributed by atoms with Crippen LogP contribution in [0.3, 0.4) is 0 Å². The van der Waals surface area contributed by atoms with Gasteiger partial charge >= 0.3 is 0 Å². The fourth-order valence-corrected chi connectivity index (χ4v) is 5.33. The molecule has 1 aliphatic heterocycles. The molecule has 5 nitrogen and oxygen atoms in total. The molecule has 2 aliphatic rings. The number of nitrogens with two attached hydrogens (primary N) is 1. The Morgan fingerprint density at radius 1 is 1.23 bits per heavy atom. The second-order valence-electron chi connectivity index (χ2n) is 5.99. The van der Waals surface area contributed by atoms with Crippen LogP contribution >= 0.6 is 12.4 Å². The van der Waals surface area contributed by atoms with Crippen LogP contribution in [-0.2, 0) is 10.0 Å². The first-order chi connectivity index (χ1) is 10.0. The van der Waals surface area contributed by atoms with Crippen molar-refractivity contribution in [1.82, 2.24) is 4.31 Å². The molecule has 22 heavy (non-hydrogen) atoms. The topological polar surface area (TPSA) is 72.6 Å². The lowest BCUT2D eigenvalue weighted by Gasteiger charge is -2.29. The van der Waals surface area contributed by atoms with Gasteiger partial charge in [-0.1, -0.05) is 18.6 Å². The molecule has 124 valence electrons. The second kappa shape index (κ2) is 6.74. The number of benzene rings is 1. The van der Waals surface area contributed by atoms with Gasteiger partial charge in [-0.2, -0.15) is 4.31 Å². The Kier molecular flexibility index (Phi) is 5.37. The van der Waals surface area contributed by atoms with E-state index in [0.717, 1.165) is 19.3 Å². The number of fused-ring (bicyclic) bond motifs is 1. The number of nitrogens with zero attached hydrogens (tertiary/aromatic N) is 1. The van der Waals surface area contributed by atoms with Crippen molar-refractivity contribution < 1.29 is 13.2 Å². The number of ether oxygens (including phenoxy) is 1. The molecule has 0 radical (unpaired) electrons. The summed E-state index contributed by atoms with van der Waals surface area (Å²) < 4.78 is 32.5. The Balaban J connectivity index is 0.00000176. The summed E-state index contributed by atoms with van der Waals surface area (Å²) in [5.41, 5.74) is 6.17. The van der Waals surface area contributed by atoms with Gasteiger partial charge in [0, 0.05) is 19.1 Å². The maximum absolute atomic E-state index is 12.9. The molecule has 0 amide bonds. The predicted molar refractivity (Wildman–Crippen MR) is 87.8 cm³/mol. The van der Waals surface area contributed by atoms with E-state index in [1.165, 1.54) is 7.11 Å². The smallest absolute Gasteiger partial charge is 0.246 e. The van der Waals surface area contributed by atoms with Crippen LogP contribution in [0.1, 0.15) is 19.3 Å². The zero-order chi connectivity index (χ0) is 15.0. The number of para-hydroxylation sites is 1. The van der Waals surface area contributed by atoms with Crippen molar-refractivity contribution in [2.75, 3.05) is 20.2 Å². The van der Waals surface area contributed by atoms with Gasteiger partial charge in [0.2, 0.25) is 10.0 Å². The lowest BCUT2D eigenvalue weighted by molar-refractivity contribution is 0.260. The van der Waals surface area contributed by atoms with Gasteiger partial charge in [0.15, 0.2) is 0 Å². The molecular weight excluding hydrogens is 324 g/mol. The van der Waals surface area contributed by atoms with Crippen LogP contribution in [0.2, 0.25) is 0 Å². The zero-order valence-corrected chi connectivity index (χ0v) is 14.3. The van der Waals surface area contributed by atoms with E-state index in [0.29, 0.717) is 30.7 Å². The highest BCUT2D eigenvalue weighted by Crippen LogP contribution is 2.38. The average molecular weight is 347 g/mol. The molecule has 2 fully saturated rings. The molecule has 0 spiro atoms. The molecule has 0 aromatic heterocycles. The van der Waals surface area contributed by atoms with Crippen molar-refractivity contribution in [3.8, 4) is 5.75 Å². The highest BCUT2D eigenvalue weighted by atomic mass is 35.5. The first kappa shape index (κ1) is 17.5. The maximum atomic E-state index is 12.9. The second-order valence-corrected chi connectivity index (χ2v) is 7.90. The van der Waals surface area contributed by atoms with Crippen molar-refractivity contribution in [1.29, 1.82) is 0 Å². The van der Waals surface area contributed by atoms with Crippen molar-refractivity contribution in [2.24, 2.45) is 17.6 Å². The lowest BCUT2D eigenvalue weighted by atomic mass is 9.78. The number of sulfonamides is 1. The number of rotatable bonds is 3. The van der Waals surface area contributed by atoms with Crippen LogP contribution in [0.25, 0.3) is 0 Å². The van der Waals surface area contributed by atoms with Crippen molar-refractivity contribution >= 4 is 22.4 Å². The Bertz CT molecular complexity index is 623. The molecule has 1 aromatic carbocycles. The third-order valence-electron chi connectivity index (χ3n) is 4.81. The molecule has 0 bridgehead atoms. The minimum absolute atomic E-state index is 0. The molecule has 1 aromatic rings. The number of hydrogen-bond donors (Lipinski definition) is 1. The molecule has 3 rings (SSSR count). The van der Waals surface area contributed by atoms with Crippen LogP contribution in [0, 0.1) is 11.8 Å². The number of halogens is 1. The highest BCUT2D eigenvalue weighted by molar-refractivity contribution is 7.89. The fraction of sp³-hybridized carbons (Fsp3) is 0.600. The molecule has 2 N–H and O–H groups in total. The van der Waals surface area contributed by atoms with E-state index in [9.17, 15) is 8.42 Å². The standard InChI is InChI=1S/C15H22N2O3S.ClH/c1-20-14-7-2-3-8-15(14)21(18,19)17-9-11-5-4-6-13(16)12(11)10-17;/h2-3,7-8,11-13H,4-6,9-10,16H2,1H3;1H. The Morgan fingerprint density at radius 3 is 2.64 bits per heavy atom. The minimum Gasteiger partial charge on any atom is -0.495 e. The molecule has 3 unspecified atom stereocenters. The summed E-state index contributed by atoms with van der Waals surface area (Å²) in [5, 5.41) is 0. The third kappa shape index (κ3) is 2.97. The van der Waals surface area contributed by atoms with Crippen LogP contribution in [-0.4, -0.2) is 39.0 Å². The van der Waals surface area contributed by atoms with Crippen LogP contribution in [0.15, 0.2) is 29.2 Å². The van der Waals surface area contributed by atoms with E-state index < -0.39 is 10.0 Å². The van der Waals surface area contributed by atoms with Gasteiger partial charge in [-0.15, -0.1) is 12.4 Å². The summed E-state index contributed by atoms with van der Waals surface area (Å²) in [6.07, 6.45) is 3.19. The normalized spacial score (nSPS) is 28.7. The summed E-state index contributed by atoms with van der Waals surface area (Å²) in [7, 11) is -2.02. The fourth-order valence-electron chi connectivity index (χ4n) is 3.64. The van der Waals surface area contributed by atoms with Gasteiger partial charge in [-0.25, -0.2) is 8.42 Å². The number of hydrogen-bond acceptors (Lipinski definition) is 4. The van der Waals surface area contributed by atoms with E-state index in [-0.39, 0.29) is 23.3 Å². The van der Waals surface area contributed by atoms with Crippen LogP contribution < -0.4 is 10.5 Å². The molecule has 1 heterocycles. The summed E-state index contributed by atoms with van der Waals surface area (Å²) >= 11 is 0. The zero-order valence-electron chi connectivity index (χ0n) is 12.6. The summed E-state index contributed by atoms with van der Waals surface area (Å²) in [4.78, 5) is 0.250. The van der Waals surface area contributed by atoms with E-state index in [4.69, 9.17) is 10.5 Å². The Hall–Kier alpha value is -0.820. The summed E-state index contributed by atoms with van der Waals surface area (Å²) in [6.45, 7) is 1.12. The van der Waals surface area contributed by atoms with Crippen molar-refractivity contribution in [3.05, 3.63) is 24.3 Å². The molecule has 1 aliphatic carbocycles. The highest BCUT2D eigenvalue weighted by Gasteiger charge is 2.43. The summed E-state index contributed by atoms with van der Waals surface area (Å²) in [5.74, 6) is 1.10. The first-order valence-corrected chi connectivity index (χ1v) is 8.87. The molecular formula is C15H23ClN2O3S. The van der Waals surface area contributed by atoms with Crippen LogP contribution in [0.5, 0.6) is 5.75 Å². The quantitative estimate of drug-likeness (QED) is 0.906. The van der Waals surface area contributed by atoms with Gasteiger partial charge in [-0.05, 0) is 36.8 Å². The Labute approximate surface area is 138 Å². The monoisotopic (exact) mass is 346 g/mol. The van der Waals surface area contributed by atoms with Gasteiger partial charge in [0.1, 0.15) is 10.6 Å². The van der Waals surface area contributed by atoms with Crippen molar-refractivity contribution in [2.45, 2.75) is 30.2 Å². The molecule has 7 heteroatoms. The minimum atomic E-state index is -3.51. The van der Waals surface area contributed by atoms with Gasteiger partial charge in [-0.3, -0.25) is 0 Å². The predicted octanol–water partition coefficient (Wildman–Crippen LogP) is 1.86. The van der Waals surface area contributed by atoms with Crippen LogP contribution in [0.4, 0.5) is 0 Å².